The van der Waals surface area contributed by atoms with Gasteiger partial charge in [0.25, 0.3) is 11.5 Å². The van der Waals surface area contributed by atoms with Gasteiger partial charge in [-0.3, -0.25) is 14.6 Å². The molecule has 4 rings (SSSR count). The zero-order valence-electron chi connectivity index (χ0n) is 17.5. The van der Waals surface area contributed by atoms with E-state index in [0.717, 1.165) is 16.8 Å². The van der Waals surface area contributed by atoms with Gasteiger partial charge in [-0.2, -0.15) is 0 Å². The van der Waals surface area contributed by atoms with Gasteiger partial charge in [-0.25, -0.2) is 9.97 Å². The molecule has 3 aromatic heterocycles. The molecule has 0 aliphatic carbocycles. The van der Waals surface area contributed by atoms with Crippen LogP contribution in [-0.4, -0.2) is 25.8 Å². The SMILES string of the molecule is CCc1cc(=O)[nH]c(-c2ccc(NCc3cccc(NC(=O)c4ccncc4)c3)nc2)n1. The standard InChI is InChI=1S/C24H22N6O2/c1-2-19-13-22(31)30-23(28-19)18-6-7-21(27-15-18)26-14-16-4-3-5-20(12-16)29-24(32)17-8-10-25-11-9-17/h3-13,15H,2,14H2,1H3,(H,26,27)(H,29,32)(H,28,30,31). The Bertz CT molecular complexity index is 1270. The van der Waals surface area contributed by atoms with Gasteiger partial charge in [0, 0.05) is 53.7 Å². The van der Waals surface area contributed by atoms with E-state index >= 15 is 0 Å². The van der Waals surface area contributed by atoms with Crippen molar-refractivity contribution in [3.63, 3.8) is 0 Å². The first-order valence-electron chi connectivity index (χ1n) is 10.2. The summed E-state index contributed by atoms with van der Waals surface area (Å²) in [5.74, 6) is 1.01. The summed E-state index contributed by atoms with van der Waals surface area (Å²) in [6, 6.07) is 16.1. The van der Waals surface area contributed by atoms with Crippen molar-refractivity contribution in [3.8, 4) is 11.4 Å². The number of anilines is 2. The fourth-order valence-electron chi connectivity index (χ4n) is 3.12. The molecule has 8 nitrogen and oxygen atoms in total. The second-order valence-electron chi connectivity index (χ2n) is 7.11. The predicted octanol–water partition coefficient (Wildman–Crippen LogP) is 3.65. The number of H-pyrrole nitrogens is 1. The van der Waals surface area contributed by atoms with Crippen molar-refractivity contribution >= 4 is 17.4 Å². The number of aromatic nitrogens is 4. The monoisotopic (exact) mass is 426 g/mol. The van der Waals surface area contributed by atoms with E-state index in [2.05, 4.69) is 30.6 Å². The molecule has 0 radical (unpaired) electrons. The Morgan fingerprint density at radius 1 is 1.06 bits per heavy atom. The summed E-state index contributed by atoms with van der Waals surface area (Å²) < 4.78 is 0. The number of hydrogen-bond acceptors (Lipinski definition) is 6. The normalized spacial score (nSPS) is 10.5. The summed E-state index contributed by atoms with van der Waals surface area (Å²) in [6.07, 6.45) is 5.53. The summed E-state index contributed by atoms with van der Waals surface area (Å²) in [7, 11) is 0. The van der Waals surface area contributed by atoms with Crippen LogP contribution in [0.3, 0.4) is 0 Å². The third-order valence-corrected chi connectivity index (χ3v) is 4.79. The van der Waals surface area contributed by atoms with E-state index in [1.165, 1.54) is 6.07 Å². The number of carbonyl (C=O) groups is 1. The number of aromatic amines is 1. The lowest BCUT2D eigenvalue weighted by molar-refractivity contribution is 0.102. The molecule has 3 heterocycles. The van der Waals surface area contributed by atoms with Gasteiger partial charge in [0.2, 0.25) is 0 Å². The van der Waals surface area contributed by atoms with Crippen molar-refractivity contribution in [1.82, 2.24) is 19.9 Å². The molecular weight excluding hydrogens is 404 g/mol. The molecule has 0 fully saturated rings. The molecule has 0 atom stereocenters. The van der Waals surface area contributed by atoms with Crippen molar-refractivity contribution in [2.45, 2.75) is 19.9 Å². The molecule has 0 bridgehead atoms. The van der Waals surface area contributed by atoms with Crippen LogP contribution >= 0.6 is 0 Å². The van der Waals surface area contributed by atoms with E-state index in [1.54, 1.807) is 30.7 Å². The highest BCUT2D eigenvalue weighted by Gasteiger charge is 2.07. The Labute approximate surface area is 184 Å². The first-order valence-corrected chi connectivity index (χ1v) is 10.2. The Kier molecular flexibility index (Phi) is 6.31. The van der Waals surface area contributed by atoms with Crippen molar-refractivity contribution in [1.29, 1.82) is 0 Å². The third-order valence-electron chi connectivity index (χ3n) is 4.79. The van der Waals surface area contributed by atoms with Crippen LogP contribution in [0.1, 0.15) is 28.5 Å². The Balaban J connectivity index is 1.40. The van der Waals surface area contributed by atoms with E-state index in [-0.39, 0.29) is 11.5 Å². The Morgan fingerprint density at radius 2 is 1.91 bits per heavy atom. The van der Waals surface area contributed by atoms with Crippen molar-refractivity contribution in [2.75, 3.05) is 10.6 Å². The zero-order valence-corrected chi connectivity index (χ0v) is 17.5. The van der Waals surface area contributed by atoms with E-state index in [1.807, 2.05) is 43.3 Å². The largest absolute Gasteiger partial charge is 0.366 e. The number of hydrogen-bond donors (Lipinski definition) is 3. The van der Waals surface area contributed by atoms with Crippen LogP contribution in [0.5, 0.6) is 0 Å². The maximum atomic E-state index is 12.3. The average molecular weight is 426 g/mol. The lowest BCUT2D eigenvalue weighted by atomic mass is 10.2. The van der Waals surface area contributed by atoms with Gasteiger partial charge in [-0.15, -0.1) is 0 Å². The van der Waals surface area contributed by atoms with E-state index < -0.39 is 0 Å². The first-order chi connectivity index (χ1) is 15.6. The van der Waals surface area contributed by atoms with Crippen LogP contribution in [0.4, 0.5) is 11.5 Å². The van der Waals surface area contributed by atoms with Crippen LogP contribution in [-0.2, 0) is 13.0 Å². The van der Waals surface area contributed by atoms with Crippen LogP contribution < -0.4 is 16.2 Å². The van der Waals surface area contributed by atoms with Crippen LogP contribution in [0.2, 0.25) is 0 Å². The number of nitrogens with one attached hydrogen (secondary N) is 3. The van der Waals surface area contributed by atoms with E-state index in [0.29, 0.717) is 35.9 Å². The molecule has 0 aliphatic heterocycles. The highest BCUT2D eigenvalue weighted by atomic mass is 16.1. The van der Waals surface area contributed by atoms with Gasteiger partial charge >= 0.3 is 0 Å². The molecule has 8 heteroatoms. The smallest absolute Gasteiger partial charge is 0.255 e. The van der Waals surface area contributed by atoms with Crippen molar-refractivity contribution in [2.24, 2.45) is 0 Å². The predicted molar refractivity (Wildman–Crippen MR) is 123 cm³/mol. The molecule has 32 heavy (non-hydrogen) atoms. The number of carbonyl (C=O) groups excluding carboxylic acids is 1. The fraction of sp³-hybridized carbons (Fsp3) is 0.125. The van der Waals surface area contributed by atoms with Gasteiger partial charge in [0.15, 0.2) is 0 Å². The molecule has 0 saturated heterocycles. The molecule has 4 aromatic rings. The van der Waals surface area contributed by atoms with Crippen LogP contribution in [0.25, 0.3) is 11.4 Å². The number of nitrogens with zero attached hydrogens (tertiary/aromatic N) is 3. The maximum absolute atomic E-state index is 12.3. The number of amides is 1. The highest BCUT2D eigenvalue weighted by Crippen LogP contribution is 2.17. The van der Waals surface area contributed by atoms with Crippen LogP contribution in [0, 0.1) is 0 Å². The Morgan fingerprint density at radius 3 is 2.66 bits per heavy atom. The number of benzene rings is 1. The van der Waals surface area contributed by atoms with E-state index in [9.17, 15) is 9.59 Å². The molecule has 0 spiro atoms. The van der Waals surface area contributed by atoms with Gasteiger partial charge in [-0.05, 0) is 48.4 Å². The lowest BCUT2D eigenvalue weighted by Gasteiger charge is -2.10. The quantitative estimate of drug-likeness (QED) is 0.416. The second-order valence-corrected chi connectivity index (χ2v) is 7.11. The van der Waals surface area contributed by atoms with E-state index in [4.69, 9.17) is 0 Å². The molecule has 0 unspecified atom stereocenters. The lowest BCUT2D eigenvalue weighted by Crippen LogP contribution is -2.12. The number of rotatable bonds is 7. The first kappa shape index (κ1) is 20.9. The summed E-state index contributed by atoms with van der Waals surface area (Å²) in [4.78, 5) is 39.6. The number of pyridine rings is 2. The minimum Gasteiger partial charge on any atom is -0.366 e. The van der Waals surface area contributed by atoms with Gasteiger partial charge in [0.1, 0.15) is 11.6 Å². The third kappa shape index (κ3) is 5.23. The van der Waals surface area contributed by atoms with Crippen LogP contribution in [0.15, 0.2) is 78.0 Å². The molecule has 1 amide bonds. The second kappa shape index (κ2) is 9.65. The minimum absolute atomic E-state index is 0.176. The highest BCUT2D eigenvalue weighted by molar-refractivity contribution is 6.04. The summed E-state index contributed by atoms with van der Waals surface area (Å²) in [5.41, 5.74) is 3.55. The minimum atomic E-state index is -0.187. The number of aryl methyl sites for hydroxylation is 1. The average Bonchev–Trinajstić information content (AvgIpc) is 2.83. The molecule has 0 saturated carbocycles. The summed E-state index contributed by atoms with van der Waals surface area (Å²) in [6.45, 7) is 2.49. The molecule has 1 aromatic carbocycles. The van der Waals surface area contributed by atoms with Gasteiger partial charge in [-0.1, -0.05) is 19.1 Å². The topological polar surface area (TPSA) is 113 Å². The molecule has 3 N–H and O–H groups in total. The van der Waals surface area contributed by atoms with Crippen molar-refractivity contribution in [3.05, 3.63) is 100 Å². The zero-order chi connectivity index (χ0) is 22.3. The Hall–Kier alpha value is -4.33. The van der Waals surface area contributed by atoms with Crippen molar-refractivity contribution < 1.29 is 4.79 Å². The molecule has 160 valence electrons. The fourth-order valence-corrected chi connectivity index (χ4v) is 3.12. The van der Waals surface area contributed by atoms with Gasteiger partial charge in [0.05, 0.1) is 0 Å². The molecular formula is C24H22N6O2. The summed E-state index contributed by atoms with van der Waals surface area (Å²) in [5, 5.41) is 6.15. The van der Waals surface area contributed by atoms with Gasteiger partial charge < -0.3 is 15.6 Å². The molecule has 0 aliphatic rings. The summed E-state index contributed by atoms with van der Waals surface area (Å²) >= 11 is 0. The maximum Gasteiger partial charge on any atom is 0.255 e.